The van der Waals surface area contributed by atoms with E-state index in [1.54, 1.807) is 6.20 Å². The number of nitrogens with one attached hydrogen (secondary N) is 1. The van der Waals surface area contributed by atoms with Crippen LogP contribution in [0.4, 0.5) is 0 Å². The number of aryl methyl sites for hydroxylation is 1. The highest BCUT2D eigenvalue weighted by atomic mass is 35.5. The summed E-state index contributed by atoms with van der Waals surface area (Å²) in [6, 6.07) is 14.4. The Morgan fingerprint density at radius 2 is 1.96 bits per heavy atom. The summed E-state index contributed by atoms with van der Waals surface area (Å²) in [5.74, 6) is 1.09. The molecular formula is C19H22ClN3O. The minimum atomic E-state index is 0. The quantitative estimate of drug-likeness (QED) is 0.912. The molecule has 3 heterocycles. The van der Waals surface area contributed by atoms with Gasteiger partial charge in [0, 0.05) is 31.7 Å². The maximum absolute atomic E-state index is 13.1. The number of carbonyl (C=O) groups is 1. The molecule has 1 aromatic heterocycles. The van der Waals surface area contributed by atoms with Crippen molar-refractivity contribution in [3.05, 3.63) is 65.5 Å². The lowest BCUT2D eigenvalue weighted by molar-refractivity contribution is 0.0707. The first kappa shape index (κ1) is 16.9. The van der Waals surface area contributed by atoms with E-state index in [-0.39, 0.29) is 24.4 Å². The second-order valence-electron chi connectivity index (χ2n) is 6.56. The summed E-state index contributed by atoms with van der Waals surface area (Å²) in [6.07, 6.45) is 1.70. The molecule has 2 saturated heterocycles. The van der Waals surface area contributed by atoms with Crippen LogP contribution >= 0.6 is 12.4 Å². The Labute approximate surface area is 148 Å². The number of fused-ring (bicyclic) bond motifs is 1. The van der Waals surface area contributed by atoms with Crippen LogP contribution in [0.3, 0.4) is 0 Å². The van der Waals surface area contributed by atoms with Gasteiger partial charge < -0.3 is 10.2 Å². The number of benzene rings is 1. The Morgan fingerprint density at radius 3 is 2.71 bits per heavy atom. The van der Waals surface area contributed by atoms with Gasteiger partial charge in [-0.05, 0) is 30.0 Å². The number of rotatable bonds is 2. The van der Waals surface area contributed by atoms with E-state index in [2.05, 4.69) is 34.6 Å². The Bertz CT molecular complexity index is 722. The number of hydrogen-bond acceptors (Lipinski definition) is 3. The topological polar surface area (TPSA) is 45.2 Å². The maximum atomic E-state index is 13.1. The molecule has 0 radical (unpaired) electrons. The molecule has 0 unspecified atom stereocenters. The average Bonchev–Trinajstić information content (AvgIpc) is 3.16. The molecule has 2 fully saturated rings. The van der Waals surface area contributed by atoms with E-state index in [1.807, 2.05) is 30.0 Å². The van der Waals surface area contributed by atoms with Gasteiger partial charge in [-0.3, -0.25) is 9.78 Å². The zero-order valence-electron chi connectivity index (χ0n) is 13.7. The molecule has 0 aliphatic carbocycles. The molecule has 3 atom stereocenters. The number of aromatic nitrogens is 1. The lowest BCUT2D eigenvalue weighted by atomic mass is 9.89. The van der Waals surface area contributed by atoms with Gasteiger partial charge in [-0.2, -0.15) is 0 Å². The molecule has 4 rings (SSSR count). The predicted molar refractivity (Wildman–Crippen MR) is 96.3 cm³/mol. The largest absolute Gasteiger partial charge is 0.330 e. The molecule has 1 amide bonds. The summed E-state index contributed by atoms with van der Waals surface area (Å²) in [5, 5.41) is 3.48. The van der Waals surface area contributed by atoms with Gasteiger partial charge >= 0.3 is 0 Å². The summed E-state index contributed by atoms with van der Waals surface area (Å²) >= 11 is 0. The first-order chi connectivity index (χ1) is 11.3. The van der Waals surface area contributed by atoms with Crippen LogP contribution in [0.2, 0.25) is 0 Å². The highest BCUT2D eigenvalue weighted by Crippen LogP contribution is 2.43. The Balaban J connectivity index is 0.00000169. The van der Waals surface area contributed by atoms with Gasteiger partial charge in [0.2, 0.25) is 0 Å². The number of hydrogen-bond donors (Lipinski definition) is 1. The van der Waals surface area contributed by atoms with Crippen molar-refractivity contribution in [2.45, 2.75) is 13.0 Å². The van der Waals surface area contributed by atoms with E-state index < -0.39 is 0 Å². The second-order valence-corrected chi connectivity index (χ2v) is 6.56. The summed E-state index contributed by atoms with van der Waals surface area (Å²) in [4.78, 5) is 19.5. The van der Waals surface area contributed by atoms with Gasteiger partial charge in [-0.15, -0.1) is 12.4 Å². The zero-order chi connectivity index (χ0) is 15.8. The molecule has 2 aromatic rings. The third-order valence-electron chi connectivity index (χ3n) is 5.18. The van der Waals surface area contributed by atoms with Crippen LogP contribution in [-0.4, -0.2) is 35.4 Å². The van der Waals surface area contributed by atoms with Crippen molar-refractivity contribution < 1.29 is 4.79 Å². The lowest BCUT2D eigenvalue weighted by Gasteiger charge is -2.28. The monoisotopic (exact) mass is 343 g/mol. The van der Waals surface area contributed by atoms with Gasteiger partial charge in [0.1, 0.15) is 5.69 Å². The van der Waals surface area contributed by atoms with Crippen LogP contribution in [0.15, 0.2) is 48.7 Å². The van der Waals surface area contributed by atoms with Crippen LogP contribution in [0.5, 0.6) is 0 Å². The van der Waals surface area contributed by atoms with E-state index in [1.165, 1.54) is 5.56 Å². The molecular weight excluding hydrogens is 322 g/mol. The van der Waals surface area contributed by atoms with Crippen molar-refractivity contribution in [3.8, 4) is 0 Å². The standard InChI is InChI=1S/C19H21N3O.ClH/c1-13-6-5-9-21-17(13)19(23)22-12-15-10-20-11-16(15)18(22)14-7-3-2-4-8-14;/h2-9,15-16,18,20H,10-12H2,1H3;1H/t15-,16-,18+;/m0./s1. The van der Waals surface area contributed by atoms with Crippen molar-refractivity contribution in [1.29, 1.82) is 0 Å². The molecule has 1 N–H and O–H groups in total. The average molecular weight is 344 g/mol. The number of amides is 1. The van der Waals surface area contributed by atoms with E-state index in [4.69, 9.17) is 0 Å². The highest BCUT2D eigenvalue weighted by molar-refractivity contribution is 5.94. The van der Waals surface area contributed by atoms with Crippen LogP contribution in [0.25, 0.3) is 0 Å². The van der Waals surface area contributed by atoms with Crippen LogP contribution in [-0.2, 0) is 0 Å². The molecule has 2 aliphatic heterocycles. The Morgan fingerprint density at radius 1 is 1.17 bits per heavy atom. The SMILES string of the molecule is Cc1cccnc1C(=O)N1C[C@@H]2CNC[C@@H]2[C@H]1c1ccccc1.Cl. The van der Waals surface area contributed by atoms with Crippen molar-refractivity contribution in [3.63, 3.8) is 0 Å². The van der Waals surface area contributed by atoms with Crippen molar-refractivity contribution >= 4 is 18.3 Å². The molecule has 24 heavy (non-hydrogen) atoms. The third-order valence-corrected chi connectivity index (χ3v) is 5.18. The lowest BCUT2D eigenvalue weighted by Crippen LogP contribution is -2.35. The normalized spacial score (nSPS) is 25.2. The summed E-state index contributed by atoms with van der Waals surface area (Å²) in [7, 11) is 0. The Kier molecular flexibility index (Phi) is 4.88. The van der Waals surface area contributed by atoms with Crippen LogP contribution in [0, 0.1) is 18.8 Å². The minimum absolute atomic E-state index is 0. The molecule has 0 spiro atoms. The number of halogens is 1. The number of pyridine rings is 1. The fourth-order valence-corrected chi connectivity index (χ4v) is 4.05. The van der Waals surface area contributed by atoms with Crippen molar-refractivity contribution in [1.82, 2.24) is 15.2 Å². The minimum Gasteiger partial charge on any atom is -0.330 e. The van der Waals surface area contributed by atoms with Gasteiger partial charge in [-0.1, -0.05) is 36.4 Å². The fourth-order valence-electron chi connectivity index (χ4n) is 4.05. The van der Waals surface area contributed by atoms with Crippen LogP contribution < -0.4 is 5.32 Å². The van der Waals surface area contributed by atoms with Crippen molar-refractivity contribution in [2.75, 3.05) is 19.6 Å². The van der Waals surface area contributed by atoms with Gasteiger partial charge in [0.25, 0.3) is 5.91 Å². The Hall–Kier alpha value is -1.91. The predicted octanol–water partition coefficient (Wildman–Crippen LogP) is 2.84. The molecule has 4 nitrogen and oxygen atoms in total. The van der Waals surface area contributed by atoms with E-state index in [0.29, 0.717) is 17.5 Å². The molecule has 2 aliphatic rings. The molecule has 5 heteroatoms. The zero-order valence-corrected chi connectivity index (χ0v) is 14.5. The summed E-state index contributed by atoms with van der Waals surface area (Å²) < 4.78 is 0. The fraction of sp³-hybridized carbons (Fsp3) is 0.368. The van der Waals surface area contributed by atoms with Crippen LogP contribution in [0.1, 0.15) is 27.7 Å². The maximum Gasteiger partial charge on any atom is 0.273 e. The summed E-state index contributed by atoms with van der Waals surface area (Å²) in [5.41, 5.74) is 2.76. The van der Waals surface area contributed by atoms with E-state index >= 15 is 0 Å². The van der Waals surface area contributed by atoms with Gasteiger partial charge in [0.05, 0.1) is 6.04 Å². The van der Waals surface area contributed by atoms with Gasteiger partial charge in [-0.25, -0.2) is 0 Å². The number of carbonyl (C=O) groups excluding carboxylic acids is 1. The molecule has 126 valence electrons. The molecule has 0 saturated carbocycles. The number of likely N-dealkylation sites (tertiary alicyclic amines) is 1. The second kappa shape index (κ2) is 6.91. The smallest absolute Gasteiger partial charge is 0.273 e. The molecule has 0 bridgehead atoms. The van der Waals surface area contributed by atoms with E-state index in [0.717, 1.165) is 25.2 Å². The summed E-state index contributed by atoms with van der Waals surface area (Å²) in [6.45, 7) is 4.75. The third kappa shape index (κ3) is 2.80. The molecule has 1 aromatic carbocycles. The number of nitrogens with zero attached hydrogens (tertiary/aromatic N) is 2. The van der Waals surface area contributed by atoms with Crippen molar-refractivity contribution in [2.24, 2.45) is 11.8 Å². The first-order valence-corrected chi connectivity index (χ1v) is 8.24. The van der Waals surface area contributed by atoms with Gasteiger partial charge in [0.15, 0.2) is 0 Å². The highest BCUT2D eigenvalue weighted by Gasteiger charge is 2.47. The first-order valence-electron chi connectivity index (χ1n) is 8.24. The van der Waals surface area contributed by atoms with E-state index in [9.17, 15) is 4.79 Å².